The summed E-state index contributed by atoms with van der Waals surface area (Å²) in [6, 6.07) is 0. The van der Waals surface area contributed by atoms with Crippen LogP contribution in [0, 0.1) is 0 Å². The Hall–Kier alpha value is -0.360. The zero-order valence-corrected chi connectivity index (χ0v) is 6.47. The molecule has 0 bridgehead atoms. The zero-order valence-electron chi connectivity index (χ0n) is 5.65. The molecule has 0 aliphatic carbocycles. The molecule has 11 heavy (non-hydrogen) atoms. The number of nitrogens with one attached hydrogen (secondary N) is 1. The van der Waals surface area contributed by atoms with Gasteiger partial charge in [0.2, 0.25) is 5.60 Å². The molecule has 0 saturated carbocycles. The van der Waals surface area contributed by atoms with Crippen LogP contribution in [-0.2, 0) is 4.79 Å². The lowest BCUT2D eigenvalue weighted by atomic mass is 10.0. The summed E-state index contributed by atoms with van der Waals surface area (Å²) < 4.78 is 0. The molecule has 0 aromatic rings. The molecule has 0 spiro atoms. The quantitative estimate of drug-likeness (QED) is 0.385. The number of halogens is 1. The van der Waals surface area contributed by atoms with Gasteiger partial charge in [0.25, 0.3) is 0 Å². The second kappa shape index (κ2) is 3.36. The highest BCUT2D eigenvalue weighted by atomic mass is 35.5. The van der Waals surface area contributed by atoms with Crippen LogP contribution in [0.3, 0.4) is 0 Å². The summed E-state index contributed by atoms with van der Waals surface area (Å²) >= 11 is 0. The van der Waals surface area contributed by atoms with E-state index in [1.165, 1.54) is 0 Å². The monoisotopic (exact) mass is 183 g/mol. The van der Waals surface area contributed by atoms with E-state index in [9.17, 15) is 4.79 Å². The van der Waals surface area contributed by atoms with E-state index in [-0.39, 0.29) is 25.5 Å². The van der Waals surface area contributed by atoms with Crippen molar-refractivity contribution in [2.45, 2.75) is 11.7 Å². The van der Waals surface area contributed by atoms with Crippen LogP contribution in [0.15, 0.2) is 0 Å². The van der Waals surface area contributed by atoms with Crippen LogP contribution in [0.1, 0.15) is 0 Å². The highest BCUT2D eigenvalue weighted by molar-refractivity contribution is 5.85. The lowest BCUT2D eigenvalue weighted by molar-refractivity contribution is -0.165. The first kappa shape index (κ1) is 10.6. The van der Waals surface area contributed by atoms with Gasteiger partial charge < -0.3 is 20.6 Å². The maximum absolute atomic E-state index is 10.3. The maximum atomic E-state index is 10.3. The van der Waals surface area contributed by atoms with Gasteiger partial charge in [0.15, 0.2) is 0 Å². The lowest BCUT2D eigenvalue weighted by Crippen LogP contribution is -2.49. The Balaban J connectivity index is 0.000001000. The zero-order chi connectivity index (χ0) is 7.78. The number of rotatable bonds is 1. The number of aliphatic hydroxyl groups excluding tert-OH is 1. The van der Waals surface area contributed by atoms with Gasteiger partial charge in [0.05, 0.1) is 0 Å². The Labute approximate surface area is 69.4 Å². The minimum atomic E-state index is -1.99. The summed E-state index contributed by atoms with van der Waals surface area (Å²) in [5.41, 5.74) is -1.99. The Morgan fingerprint density at radius 2 is 2.18 bits per heavy atom. The minimum absolute atomic E-state index is 0. The molecule has 0 aromatic heterocycles. The van der Waals surface area contributed by atoms with Gasteiger partial charge >= 0.3 is 5.97 Å². The molecule has 0 radical (unpaired) electrons. The van der Waals surface area contributed by atoms with E-state index in [1.807, 2.05) is 0 Å². The second-order valence-electron chi connectivity index (χ2n) is 2.38. The summed E-state index contributed by atoms with van der Waals surface area (Å²) in [7, 11) is 0. The molecule has 2 atom stereocenters. The van der Waals surface area contributed by atoms with Crippen LogP contribution in [0.5, 0.6) is 0 Å². The molecule has 6 heteroatoms. The molecule has 0 amide bonds. The number of β-amino-alcohol motifs (C(OH)–C–C–N with tert-alkyl or cyclic N) is 2. The fourth-order valence-corrected chi connectivity index (χ4v) is 0.904. The van der Waals surface area contributed by atoms with Crippen molar-refractivity contribution in [1.82, 2.24) is 5.32 Å². The van der Waals surface area contributed by atoms with Gasteiger partial charge in [-0.05, 0) is 0 Å². The third kappa shape index (κ3) is 1.62. The van der Waals surface area contributed by atoms with E-state index in [1.54, 1.807) is 0 Å². The summed E-state index contributed by atoms with van der Waals surface area (Å²) in [5, 5.41) is 29.0. The topological polar surface area (TPSA) is 89.8 Å². The van der Waals surface area contributed by atoms with E-state index >= 15 is 0 Å². The van der Waals surface area contributed by atoms with Crippen LogP contribution < -0.4 is 5.32 Å². The number of hydrogen-bond acceptors (Lipinski definition) is 4. The normalized spacial score (nSPS) is 36.4. The van der Waals surface area contributed by atoms with Crippen molar-refractivity contribution in [3.05, 3.63) is 0 Å². The Kier molecular flexibility index (Phi) is 3.25. The van der Waals surface area contributed by atoms with Crippen molar-refractivity contribution in [1.29, 1.82) is 0 Å². The smallest absolute Gasteiger partial charge is 0.339 e. The predicted octanol–water partition coefficient (Wildman–Crippen LogP) is -1.81. The number of aliphatic carboxylic acids is 1. The first-order valence-corrected chi connectivity index (χ1v) is 2.92. The summed E-state index contributed by atoms with van der Waals surface area (Å²) in [5.74, 6) is -1.38. The van der Waals surface area contributed by atoms with Gasteiger partial charge in [-0.2, -0.15) is 0 Å². The number of carboxylic acid groups (broad SMARTS) is 1. The van der Waals surface area contributed by atoms with Gasteiger partial charge in [-0.1, -0.05) is 0 Å². The van der Waals surface area contributed by atoms with Gasteiger partial charge in [-0.15, -0.1) is 12.4 Å². The molecule has 0 unspecified atom stereocenters. The molecular weight excluding hydrogens is 174 g/mol. The first-order valence-electron chi connectivity index (χ1n) is 2.92. The molecule has 0 aromatic carbocycles. The number of aliphatic hydroxyl groups is 2. The standard InChI is InChI=1S/C5H9NO4.ClH/c7-3-1-6-2-5(3,10)4(8)9;/h3,6-7,10H,1-2H2,(H,8,9);1H/t3-,5+;/m1./s1. The van der Waals surface area contributed by atoms with E-state index in [0.29, 0.717) is 0 Å². The Morgan fingerprint density at radius 1 is 1.64 bits per heavy atom. The van der Waals surface area contributed by atoms with Gasteiger partial charge in [0, 0.05) is 13.1 Å². The average Bonchev–Trinajstić information content (AvgIpc) is 2.15. The largest absolute Gasteiger partial charge is 0.479 e. The van der Waals surface area contributed by atoms with Crippen molar-refractivity contribution < 1.29 is 20.1 Å². The van der Waals surface area contributed by atoms with Crippen LogP contribution in [0.4, 0.5) is 0 Å². The van der Waals surface area contributed by atoms with Gasteiger partial charge in [-0.3, -0.25) is 0 Å². The summed E-state index contributed by atoms with van der Waals surface area (Å²) in [4.78, 5) is 10.3. The Bertz CT molecular complexity index is 165. The highest BCUT2D eigenvalue weighted by Gasteiger charge is 2.47. The minimum Gasteiger partial charge on any atom is -0.479 e. The average molecular weight is 184 g/mol. The van der Waals surface area contributed by atoms with Crippen molar-refractivity contribution in [3.63, 3.8) is 0 Å². The summed E-state index contributed by atoms with van der Waals surface area (Å²) in [6.45, 7) is 0.0340. The molecule has 1 aliphatic heterocycles. The third-order valence-electron chi connectivity index (χ3n) is 1.65. The molecule has 4 N–H and O–H groups in total. The van der Waals surface area contributed by atoms with Crippen molar-refractivity contribution in [2.75, 3.05) is 13.1 Å². The molecule has 1 fully saturated rings. The SMILES string of the molecule is Cl.O=C(O)[C@]1(O)CNC[C@H]1O. The van der Waals surface area contributed by atoms with E-state index in [0.717, 1.165) is 0 Å². The van der Waals surface area contributed by atoms with Crippen LogP contribution >= 0.6 is 12.4 Å². The van der Waals surface area contributed by atoms with Crippen LogP contribution in [0.25, 0.3) is 0 Å². The molecule has 1 aliphatic rings. The number of hydrogen-bond donors (Lipinski definition) is 4. The fourth-order valence-electron chi connectivity index (χ4n) is 0.904. The lowest BCUT2D eigenvalue weighted by Gasteiger charge is -2.18. The predicted molar refractivity (Wildman–Crippen MR) is 38.7 cm³/mol. The van der Waals surface area contributed by atoms with Gasteiger partial charge in [0.1, 0.15) is 6.10 Å². The van der Waals surface area contributed by atoms with E-state index in [2.05, 4.69) is 5.32 Å². The van der Waals surface area contributed by atoms with Crippen molar-refractivity contribution >= 4 is 18.4 Å². The maximum Gasteiger partial charge on any atom is 0.339 e. The fraction of sp³-hybridized carbons (Fsp3) is 0.800. The molecule has 1 saturated heterocycles. The number of carbonyl (C=O) groups is 1. The summed E-state index contributed by atoms with van der Waals surface area (Å²) in [6.07, 6.45) is -1.20. The van der Waals surface area contributed by atoms with Gasteiger partial charge in [-0.25, -0.2) is 4.79 Å². The molecule has 1 heterocycles. The molecular formula is C5H10ClNO4. The number of carboxylic acids is 1. The van der Waals surface area contributed by atoms with Crippen molar-refractivity contribution in [3.8, 4) is 0 Å². The molecule has 5 nitrogen and oxygen atoms in total. The van der Waals surface area contributed by atoms with E-state index in [4.69, 9.17) is 15.3 Å². The first-order chi connectivity index (χ1) is 4.57. The van der Waals surface area contributed by atoms with E-state index < -0.39 is 17.7 Å². The molecule has 66 valence electrons. The van der Waals surface area contributed by atoms with Crippen LogP contribution in [0.2, 0.25) is 0 Å². The highest BCUT2D eigenvalue weighted by Crippen LogP contribution is 2.14. The second-order valence-corrected chi connectivity index (χ2v) is 2.38. The third-order valence-corrected chi connectivity index (χ3v) is 1.65. The van der Waals surface area contributed by atoms with Crippen LogP contribution in [-0.4, -0.2) is 46.1 Å². The van der Waals surface area contributed by atoms with Crippen molar-refractivity contribution in [2.24, 2.45) is 0 Å². The Morgan fingerprint density at radius 3 is 2.36 bits per heavy atom. The molecule has 1 rings (SSSR count).